The summed E-state index contributed by atoms with van der Waals surface area (Å²) < 4.78 is 5.46. The second-order valence-electron chi connectivity index (χ2n) is 6.21. The van der Waals surface area contributed by atoms with Gasteiger partial charge in [-0.05, 0) is 55.6 Å². The molecule has 1 atom stereocenters. The third-order valence-electron chi connectivity index (χ3n) is 5.01. The Kier molecular flexibility index (Phi) is 3.90. The average molecular weight is 260 g/mol. The van der Waals surface area contributed by atoms with Gasteiger partial charge in [-0.25, -0.2) is 0 Å². The van der Waals surface area contributed by atoms with Gasteiger partial charge in [0.1, 0.15) is 0 Å². The zero-order chi connectivity index (χ0) is 13.1. The van der Waals surface area contributed by atoms with Gasteiger partial charge >= 0.3 is 0 Å². The van der Waals surface area contributed by atoms with Crippen LogP contribution in [-0.2, 0) is 16.6 Å². The molecule has 1 aromatic rings. The van der Waals surface area contributed by atoms with E-state index in [-0.39, 0.29) is 5.41 Å². The predicted molar refractivity (Wildman–Crippen MR) is 76.3 cm³/mol. The minimum atomic E-state index is 0.0108. The van der Waals surface area contributed by atoms with E-state index in [1.54, 1.807) is 0 Å². The van der Waals surface area contributed by atoms with E-state index in [4.69, 9.17) is 4.74 Å². The molecule has 2 aliphatic rings. The van der Waals surface area contributed by atoms with Gasteiger partial charge in [0.15, 0.2) is 0 Å². The number of ether oxygens (including phenoxy) is 1. The molecule has 0 bridgehead atoms. The van der Waals surface area contributed by atoms with E-state index in [1.165, 1.54) is 24.0 Å². The number of aryl methyl sites for hydroxylation is 1. The monoisotopic (exact) mass is 260 g/mol. The van der Waals surface area contributed by atoms with Crippen LogP contribution in [0, 0.1) is 5.92 Å². The van der Waals surface area contributed by atoms with E-state index < -0.39 is 0 Å². The summed E-state index contributed by atoms with van der Waals surface area (Å²) in [7, 11) is 0. The van der Waals surface area contributed by atoms with E-state index in [0.717, 1.165) is 38.9 Å². The maximum Gasteiger partial charge on any atom is 0.0528 e. The van der Waals surface area contributed by atoms with Gasteiger partial charge < -0.3 is 9.84 Å². The van der Waals surface area contributed by atoms with Crippen LogP contribution in [0.15, 0.2) is 24.3 Å². The number of aliphatic hydroxyl groups is 1. The van der Waals surface area contributed by atoms with Crippen molar-refractivity contribution in [3.8, 4) is 0 Å². The second-order valence-corrected chi connectivity index (χ2v) is 6.21. The van der Waals surface area contributed by atoms with Crippen LogP contribution in [-0.4, -0.2) is 24.9 Å². The zero-order valence-corrected chi connectivity index (χ0v) is 11.6. The first-order chi connectivity index (χ1) is 9.34. The van der Waals surface area contributed by atoms with Crippen LogP contribution < -0.4 is 0 Å². The van der Waals surface area contributed by atoms with Gasteiger partial charge in [-0.15, -0.1) is 0 Å². The van der Waals surface area contributed by atoms with Gasteiger partial charge in [-0.2, -0.15) is 0 Å². The normalized spacial score (nSPS) is 28.1. The molecule has 2 heteroatoms. The molecule has 3 rings (SSSR count). The van der Waals surface area contributed by atoms with E-state index in [2.05, 4.69) is 24.3 Å². The third-order valence-corrected chi connectivity index (χ3v) is 5.01. The molecule has 1 aromatic carbocycles. The van der Waals surface area contributed by atoms with E-state index in [0.29, 0.717) is 12.5 Å². The largest absolute Gasteiger partial charge is 0.395 e. The first-order valence-corrected chi connectivity index (χ1v) is 7.61. The van der Waals surface area contributed by atoms with Crippen molar-refractivity contribution >= 4 is 0 Å². The highest BCUT2D eigenvalue weighted by molar-refractivity contribution is 5.37. The van der Waals surface area contributed by atoms with Crippen molar-refractivity contribution in [2.75, 3.05) is 19.8 Å². The van der Waals surface area contributed by atoms with Gasteiger partial charge in [0, 0.05) is 18.6 Å². The molecule has 1 aliphatic carbocycles. The maximum absolute atomic E-state index is 10.1. The lowest BCUT2D eigenvalue weighted by Crippen LogP contribution is -2.38. The van der Waals surface area contributed by atoms with Crippen molar-refractivity contribution in [2.45, 2.75) is 43.9 Å². The van der Waals surface area contributed by atoms with Crippen LogP contribution in [0.4, 0.5) is 0 Å². The zero-order valence-electron chi connectivity index (χ0n) is 11.6. The smallest absolute Gasteiger partial charge is 0.0528 e. The van der Waals surface area contributed by atoms with Gasteiger partial charge in [-0.1, -0.05) is 24.3 Å². The molecule has 1 N–H and O–H groups in total. The molecule has 1 saturated heterocycles. The standard InChI is InChI=1S/C17H24O2/c18-13-17(12-14-7-10-19-11-8-14)9-3-5-15-4-1-2-6-16(15)17/h1-2,4,6,14,18H,3,5,7-13H2. The summed E-state index contributed by atoms with van der Waals surface area (Å²) in [5.74, 6) is 0.715. The van der Waals surface area contributed by atoms with Gasteiger partial charge in [0.05, 0.1) is 6.61 Å². The lowest BCUT2D eigenvalue weighted by atomic mass is 9.65. The van der Waals surface area contributed by atoms with Crippen LogP contribution >= 0.6 is 0 Å². The lowest BCUT2D eigenvalue weighted by Gasteiger charge is -2.41. The highest BCUT2D eigenvalue weighted by Gasteiger charge is 2.38. The lowest BCUT2D eigenvalue weighted by molar-refractivity contribution is 0.0455. The quantitative estimate of drug-likeness (QED) is 0.905. The van der Waals surface area contributed by atoms with Crippen LogP contribution in [0.1, 0.15) is 43.2 Å². The Bertz CT molecular complexity index is 423. The van der Waals surface area contributed by atoms with E-state index in [9.17, 15) is 5.11 Å². The molecule has 0 spiro atoms. The topological polar surface area (TPSA) is 29.5 Å². The number of rotatable bonds is 3. The van der Waals surface area contributed by atoms with Gasteiger partial charge in [0.2, 0.25) is 0 Å². The number of aliphatic hydroxyl groups excluding tert-OH is 1. The summed E-state index contributed by atoms with van der Waals surface area (Å²) in [5.41, 5.74) is 2.88. The molecule has 104 valence electrons. The fourth-order valence-corrected chi connectivity index (χ4v) is 3.95. The molecule has 1 unspecified atom stereocenters. The van der Waals surface area contributed by atoms with Crippen molar-refractivity contribution in [1.82, 2.24) is 0 Å². The SMILES string of the molecule is OCC1(CC2CCOCC2)CCCc2ccccc21. The molecule has 1 aliphatic heterocycles. The highest BCUT2D eigenvalue weighted by Crippen LogP contribution is 2.43. The van der Waals surface area contributed by atoms with Crippen molar-refractivity contribution in [3.63, 3.8) is 0 Å². The number of hydrogen-bond donors (Lipinski definition) is 1. The van der Waals surface area contributed by atoms with Crippen LogP contribution in [0.2, 0.25) is 0 Å². The molecule has 0 saturated carbocycles. The fourth-order valence-electron chi connectivity index (χ4n) is 3.95. The number of hydrogen-bond acceptors (Lipinski definition) is 2. The molecule has 0 radical (unpaired) electrons. The molecule has 19 heavy (non-hydrogen) atoms. The number of benzene rings is 1. The highest BCUT2D eigenvalue weighted by atomic mass is 16.5. The minimum Gasteiger partial charge on any atom is -0.395 e. The Labute approximate surface area is 115 Å². The Morgan fingerprint density at radius 2 is 2.00 bits per heavy atom. The maximum atomic E-state index is 10.1. The van der Waals surface area contributed by atoms with Crippen LogP contribution in [0.5, 0.6) is 0 Å². The van der Waals surface area contributed by atoms with Crippen LogP contribution in [0.25, 0.3) is 0 Å². The van der Waals surface area contributed by atoms with Gasteiger partial charge in [0.25, 0.3) is 0 Å². The van der Waals surface area contributed by atoms with Crippen molar-refractivity contribution < 1.29 is 9.84 Å². The fraction of sp³-hybridized carbons (Fsp3) is 0.647. The van der Waals surface area contributed by atoms with Crippen LogP contribution in [0.3, 0.4) is 0 Å². The first-order valence-electron chi connectivity index (χ1n) is 7.61. The molecule has 0 aromatic heterocycles. The van der Waals surface area contributed by atoms with Crippen molar-refractivity contribution in [3.05, 3.63) is 35.4 Å². The summed E-state index contributed by atoms with van der Waals surface area (Å²) in [6.45, 7) is 2.09. The molecule has 1 heterocycles. The molecule has 0 amide bonds. The summed E-state index contributed by atoms with van der Waals surface area (Å²) in [5, 5.41) is 10.1. The first kappa shape index (κ1) is 13.1. The van der Waals surface area contributed by atoms with Crippen molar-refractivity contribution in [1.29, 1.82) is 0 Å². The molecular formula is C17H24O2. The van der Waals surface area contributed by atoms with E-state index >= 15 is 0 Å². The Balaban J connectivity index is 1.86. The molecular weight excluding hydrogens is 236 g/mol. The summed E-state index contributed by atoms with van der Waals surface area (Å²) in [4.78, 5) is 0. The van der Waals surface area contributed by atoms with E-state index in [1.807, 2.05) is 0 Å². The summed E-state index contributed by atoms with van der Waals surface area (Å²) in [6.07, 6.45) is 6.96. The Morgan fingerprint density at radius 1 is 1.21 bits per heavy atom. The summed E-state index contributed by atoms with van der Waals surface area (Å²) >= 11 is 0. The third kappa shape index (κ3) is 2.56. The Morgan fingerprint density at radius 3 is 2.79 bits per heavy atom. The summed E-state index contributed by atoms with van der Waals surface area (Å²) in [6, 6.07) is 8.73. The minimum absolute atomic E-state index is 0.0108. The second kappa shape index (κ2) is 5.64. The molecule has 2 nitrogen and oxygen atoms in total. The average Bonchev–Trinajstić information content (AvgIpc) is 2.49. The van der Waals surface area contributed by atoms with Crippen molar-refractivity contribution in [2.24, 2.45) is 5.92 Å². The van der Waals surface area contributed by atoms with Gasteiger partial charge in [-0.3, -0.25) is 0 Å². The Hall–Kier alpha value is -0.860. The predicted octanol–water partition coefficient (Wildman–Crippen LogP) is 3.07. The number of fused-ring (bicyclic) bond motifs is 1. The molecule has 1 fully saturated rings.